The molecule has 0 saturated carbocycles. The van der Waals surface area contributed by atoms with Gasteiger partial charge in [0.2, 0.25) is 10.0 Å². The molecule has 0 atom stereocenters. The number of sulfonamides is 1. The van der Waals surface area contributed by atoms with Crippen LogP contribution >= 0.6 is 15.9 Å². The maximum absolute atomic E-state index is 10.7. The van der Waals surface area contributed by atoms with E-state index in [0.717, 1.165) is 10.7 Å². The molecule has 0 fully saturated rings. The molecule has 0 aromatic rings. The van der Waals surface area contributed by atoms with Crippen LogP contribution in [0.15, 0.2) is 11.1 Å². The fourth-order valence-corrected chi connectivity index (χ4v) is 1.68. The van der Waals surface area contributed by atoms with Gasteiger partial charge in [0, 0.05) is 24.1 Å². The summed E-state index contributed by atoms with van der Waals surface area (Å²) < 4.78 is 24.7. The van der Waals surface area contributed by atoms with Gasteiger partial charge in [-0.3, -0.25) is 0 Å². The molecule has 0 rings (SSSR count). The van der Waals surface area contributed by atoms with Gasteiger partial charge >= 0.3 is 0 Å². The Balaban J connectivity index is 3.60. The van der Waals surface area contributed by atoms with Gasteiger partial charge in [0.05, 0.1) is 6.26 Å². The molecule has 0 aromatic heterocycles. The van der Waals surface area contributed by atoms with E-state index in [1.165, 1.54) is 0 Å². The normalized spacial score (nSPS) is 12.0. The summed E-state index contributed by atoms with van der Waals surface area (Å²) in [7, 11) is -1.16. The summed E-state index contributed by atoms with van der Waals surface area (Å²) in [6.07, 6.45) is 1.15. The van der Waals surface area contributed by atoms with Crippen molar-refractivity contribution < 1.29 is 8.42 Å². The first-order valence-corrected chi connectivity index (χ1v) is 6.46. The van der Waals surface area contributed by atoms with Crippen LogP contribution in [0.1, 0.15) is 0 Å². The van der Waals surface area contributed by atoms with Gasteiger partial charge in [0.15, 0.2) is 0 Å². The van der Waals surface area contributed by atoms with Gasteiger partial charge in [0.25, 0.3) is 0 Å². The lowest BCUT2D eigenvalue weighted by molar-refractivity contribution is 0.374. The van der Waals surface area contributed by atoms with Gasteiger partial charge in [-0.2, -0.15) is 0 Å². The van der Waals surface area contributed by atoms with E-state index in [1.54, 1.807) is 0 Å². The number of hydrogen-bond acceptors (Lipinski definition) is 3. The second-order valence-electron chi connectivity index (χ2n) is 2.92. The molecule has 0 aromatic carbocycles. The number of halogens is 1. The van der Waals surface area contributed by atoms with Crippen molar-refractivity contribution in [2.24, 2.45) is 0 Å². The molecule has 4 nitrogen and oxygen atoms in total. The molecule has 13 heavy (non-hydrogen) atoms. The monoisotopic (exact) mass is 270 g/mol. The topological polar surface area (TPSA) is 49.4 Å². The number of nitrogens with one attached hydrogen (secondary N) is 1. The van der Waals surface area contributed by atoms with Gasteiger partial charge in [-0.05, 0) is 7.05 Å². The van der Waals surface area contributed by atoms with E-state index in [9.17, 15) is 8.42 Å². The van der Waals surface area contributed by atoms with E-state index in [4.69, 9.17) is 0 Å². The first-order chi connectivity index (χ1) is 5.81. The summed E-state index contributed by atoms with van der Waals surface area (Å²) >= 11 is 3.23. The zero-order valence-corrected chi connectivity index (χ0v) is 10.3. The van der Waals surface area contributed by atoms with Crippen molar-refractivity contribution in [3.8, 4) is 0 Å². The van der Waals surface area contributed by atoms with Crippen molar-refractivity contribution in [2.75, 3.05) is 32.9 Å². The summed E-state index contributed by atoms with van der Waals surface area (Å²) in [5, 5.41) is 0. The maximum atomic E-state index is 10.7. The van der Waals surface area contributed by atoms with Crippen LogP contribution < -0.4 is 4.72 Å². The highest BCUT2D eigenvalue weighted by Gasteiger charge is 2.02. The van der Waals surface area contributed by atoms with Crippen molar-refractivity contribution in [1.29, 1.82) is 0 Å². The van der Waals surface area contributed by atoms with Crippen LogP contribution in [0.4, 0.5) is 0 Å². The SMILES string of the molecule is C=C(Br)CN(C)CCNS(C)(=O)=O. The Bertz CT molecular complexity index is 264. The number of hydrogen-bond donors (Lipinski definition) is 1. The summed E-state index contributed by atoms with van der Waals surface area (Å²) in [4.78, 5) is 1.97. The van der Waals surface area contributed by atoms with Crippen LogP contribution in [0.25, 0.3) is 0 Å². The van der Waals surface area contributed by atoms with E-state index >= 15 is 0 Å². The Morgan fingerprint density at radius 1 is 1.62 bits per heavy atom. The third-order valence-electron chi connectivity index (χ3n) is 1.30. The van der Waals surface area contributed by atoms with E-state index < -0.39 is 10.0 Å². The maximum Gasteiger partial charge on any atom is 0.208 e. The molecule has 0 aliphatic rings. The smallest absolute Gasteiger partial charge is 0.208 e. The molecule has 0 radical (unpaired) electrons. The van der Waals surface area contributed by atoms with Crippen molar-refractivity contribution in [2.45, 2.75) is 0 Å². The molecule has 0 heterocycles. The Kier molecular flexibility index (Phi) is 5.78. The predicted molar refractivity (Wildman–Crippen MR) is 58.4 cm³/mol. The molecule has 0 unspecified atom stereocenters. The molecule has 78 valence electrons. The first-order valence-electron chi connectivity index (χ1n) is 3.78. The van der Waals surface area contributed by atoms with E-state index in [0.29, 0.717) is 19.6 Å². The van der Waals surface area contributed by atoms with Crippen LogP contribution in [-0.4, -0.2) is 46.3 Å². The fourth-order valence-electron chi connectivity index (χ4n) is 0.794. The minimum atomic E-state index is -3.06. The highest BCUT2D eigenvalue weighted by Crippen LogP contribution is 2.01. The second-order valence-corrected chi connectivity index (χ2v) is 5.88. The van der Waals surface area contributed by atoms with Crippen LogP contribution in [-0.2, 0) is 10.0 Å². The first kappa shape index (κ1) is 13.1. The molecular formula is C7H15BrN2O2S. The largest absolute Gasteiger partial charge is 0.300 e. The third-order valence-corrected chi connectivity index (χ3v) is 2.28. The Labute approximate surface area is 88.2 Å². The number of nitrogens with zero attached hydrogens (tertiary/aromatic N) is 1. The quantitative estimate of drug-likeness (QED) is 0.759. The molecular weight excluding hydrogens is 256 g/mol. The highest BCUT2D eigenvalue weighted by molar-refractivity contribution is 9.11. The second kappa shape index (κ2) is 5.74. The summed E-state index contributed by atoms with van der Waals surface area (Å²) in [5.41, 5.74) is 0. The molecule has 0 spiro atoms. The third kappa shape index (κ3) is 10.0. The van der Waals surface area contributed by atoms with Crippen molar-refractivity contribution in [1.82, 2.24) is 9.62 Å². The van der Waals surface area contributed by atoms with Crippen LogP contribution in [0, 0.1) is 0 Å². The standard InChI is InChI=1S/C7H15BrN2O2S/c1-7(8)6-10(2)5-4-9-13(3,11)12/h9H,1,4-6H2,2-3H3. The van der Waals surface area contributed by atoms with Crippen LogP contribution in [0.2, 0.25) is 0 Å². The van der Waals surface area contributed by atoms with Crippen LogP contribution in [0.3, 0.4) is 0 Å². The molecule has 0 saturated heterocycles. The predicted octanol–water partition coefficient (Wildman–Crippen LogP) is 0.376. The summed E-state index contributed by atoms with van der Waals surface area (Å²) in [5.74, 6) is 0. The fraction of sp³-hybridized carbons (Fsp3) is 0.714. The number of rotatable bonds is 6. The van der Waals surface area contributed by atoms with Gasteiger partial charge in [-0.15, -0.1) is 0 Å². The molecule has 0 bridgehead atoms. The minimum Gasteiger partial charge on any atom is -0.300 e. The average molecular weight is 271 g/mol. The van der Waals surface area contributed by atoms with Gasteiger partial charge in [0.1, 0.15) is 0 Å². The molecule has 6 heteroatoms. The number of likely N-dealkylation sites (N-methyl/N-ethyl adjacent to an activating group) is 1. The Morgan fingerprint density at radius 2 is 2.15 bits per heavy atom. The summed E-state index contributed by atoms with van der Waals surface area (Å²) in [6, 6.07) is 0. The minimum absolute atomic E-state index is 0.426. The lowest BCUT2D eigenvalue weighted by Gasteiger charge is -2.15. The molecule has 1 N–H and O–H groups in total. The lowest BCUT2D eigenvalue weighted by Crippen LogP contribution is -2.32. The van der Waals surface area contributed by atoms with Crippen molar-refractivity contribution in [3.05, 3.63) is 11.1 Å². The summed E-state index contributed by atoms with van der Waals surface area (Å²) in [6.45, 7) is 5.49. The molecule has 0 amide bonds. The van der Waals surface area contributed by atoms with Crippen molar-refractivity contribution >= 4 is 26.0 Å². The van der Waals surface area contributed by atoms with E-state index in [1.807, 2.05) is 11.9 Å². The van der Waals surface area contributed by atoms with Gasteiger partial charge in [-0.1, -0.05) is 22.5 Å². The van der Waals surface area contributed by atoms with E-state index in [-0.39, 0.29) is 0 Å². The lowest BCUT2D eigenvalue weighted by atomic mass is 10.5. The molecule has 0 aliphatic carbocycles. The average Bonchev–Trinajstić information content (AvgIpc) is 1.81. The van der Waals surface area contributed by atoms with Gasteiger partial charge < -0.3 is 4.90 Å². The zero-order valence-electron chi connectivity index (χ0n) is 7.88. The van der Waals surface area contributed by atoms with Crippen LogP contribution in [0.5, 0.6) is 0 Å². The molecule has 0 aliphatic heterocycles. The zero-order chi connectivity index (χ0) is 10.5. The Hall–Kier alpha value is 0.0900. The van der Waals surface area contributed by atoms with Crippen molar-refractivity contribution in [3.63, 3.8) is 0 Å². The van der Waals surface area contributed by atoms with Gasteiger partial charge in [-0.25, -0.2) is 13.1 Å². The highest BCUT2D eigenvalue weighted by atomic mass is 79.9. The Morgan fingerprint density at radius 3 is 2.54 bits per heavy atom. The van der Waals surface area contributed by atoms with E-state index in [2.05, 4.69) is 27.2 Å².